The highest BCUT2D eigenvalue weighted by Crippen LogP contribution is 2.25. The van der Waals surface area contributed by atoms with Crippen molar-refractivity contribution in [1.29, 1.82) is 0 Å². The molecule has 0 aliphatic heterocycles. The van der Waals surface area contributed by atoms with Crippen LogP contribution in [0.1, 0.15) is 32.3 Å². The number of halogens is 1. The van der Waals surface area contributed by atoms with E-state index in [1.54, 1.807) is 0 Å². The van der Waals surface area contributed by atoms with Crippen LogP contribution >= 0.6 is 11.6 Å². The smallest absolute Gasteiger partial charge is 0.0426 e. The fourth-order valence-corrected chi connectivity index (χ4v) is 2.11. The first-order valence-electron chi connectivity index (χ1n) is 6.33. The lowest BCUT2D eigenvalue weighted by atomic mass is 10.0. The second kappa shape index (κ2) is 6.87. The van der Waals surface area contributed by atoms with Crippen molar-refractivity contribution >= 4 is 17.3 Å². The van der Waals surface area contributed by atoms with E-state index in [0.29, 0.717) is 0 Å². The Hall–Kier alpha value is -0.730. The molecule has 1 atom stereocenters. The Morgan fingerprint density at radius 1 is 1.35 bits per heavy atom. The first-order valence-corrected chi connectivity index (χ1v) is 6.71. The molecule has 1 rings (SSSR count). The van der Waals surface area contributed by atoms with Gasteiger partial charge in [-0.3, -0.25) is 0 Å². The highest BCUT2D eigenvalue weighted by atomic mass is 35.5. The van der Waals surface area contributed by atoms with Crippen molar-refractivity contribution in [2.75, 3.05) is 18.5 Å². The van der Waals surface area contributed by atoms with E-state index in [-0.39, 0.29) is 6.04 Å². The van der Waals surface area contributed by atoms with Crippen LogP contribution in [-0.4, -0.2) is 19.6 Å². The van der Waals surface area contributed by atoms with E-state index >= 15 is 0 Å². The molecular weight excluding hydrogens is 232 g/mol. The van der Waals surface area contributed by atoms with Gasteiger partial charge in [-0.05, 0) is 37.0 Å². The molecule has 96 valence electrons. The molecular formula is C14H23ClN2. The molecule has 2 N–H and O–H groups in total. The Morgan fingerprint density at radius 2 is 2.06 bits per heavy atom. The monoisotopic (exact) mass is 254 g/mol. The van der Waals surface area contributed by atoms with Crippen molar-refractivity contribution in [3.8, 4) is 0 Å². The SMILES string of the molecule is CCCN(C)c1cc(Cl)ccc1CC(N)CC. The summed E-state index contributed by atoms with van der Waals surface area (Å²) < 4.78 is 0. The van der Waals surface area contributed by atoms with Crippen LogP contribution in [0.4, 0.5) is 5.69 Å². The minimum atomic E-state index is 0.227. The predicted octanol–water partition coefficient (Wildman–Crippen LogP) is 3.47. The Balaban J connectivity index is 2.94. The third-order valence-electron chi connectivity index (χ3n) is 3.02. The molecule has 17 heavy (non-hydrogen) atoms. The van der Waals surface area contributed by atoms with Crippen molar-refractivity contribution in [2.24, 2.45) is 5.73 Å². The second-order valence-corrected chi connectivity index (χ2v) is 5.00. The molecule has 1 aromatic rings. The van der Waals surface area contributed by atoms with E-state index in [1.807, 2.05) is 12.1 Å². The number of nitrogens with two attached hydrogens (primary N) is 1. The number of hydrogen-bond acceptors (Lipinski definition) is 2. The molecule has 0 spiro atoms. The first-order chi connectivity index (χ1) is 8.08. The van der Waals surface area contributed by atoms with Gasteiger partial charge in [-0.2, -0.15) is 0 Å². The van der Waals surface area contributed by atoms with E-state index < -0.39 is 0 Å². The minimum Gasteiger partial charge on any atom is -0.374 e. The van der Waals surface area contributed by atoms with Gasteiger partial charge in [0.05, 0.1) is 0 Å². The van der Waals surface area contributed by atoms with E-state index in [0.717, 1.165) is 30.8 Å². The van der Waals surface area contributed by atoms with Crippen LogP contribution in [0.5, 0.6) is 0 Å². The zero-order valence-electron chi connectivity index (χ0n) is 11.0. The molecule has 0 aliphatic rings. The molecule has 1 unspecified atom stereocenters. The molecule has 0 amide bonds. The molecule has 0 saturated carbocycles. The molecule has 1 aromatic carbocycles. The van der Waals surface area contributed by atoms with Crippen molar-refractivity contribution < 1.29 is 0 Å². The van der Waals surface area contributed by atoms with Crippen molar-refractivity contribution in [3.05, 3.63) is 28.8 Å². The normalized spacial score (nSPS) is 12.5. The van der Waals surface area contributed by atoms with Gasteiger partial charge >= 0.3 is 0 Å². The zero-order chi connectivity index (χ0) is 12.8. The van der Waals surface area contributed by atoms with E-state index in [4.69, 9.17) is 17.3 Å². The standard InChI is InChI=1S/C14H23ClN2/c1-4-8-17(3)14-10-12(15)7-6-11(14)9-13(16)5-2/h6-7,10,13H,4-5,8-9,16H2,1-3H3. The first kappa shape index (κ1) is 14.3. The van der Waals surface area contributed by atoms with Crippen LogP contribution in [-0.2, 0) is 6.42 Å². The highest BCUT2D eigenvalue weighted by molar-refractivity contribution is 6.30. The minimum absolute atomic E-state index is 0.227. The van der Waals surface area contributed by atoms with Gasteiger partial charge in [0.2, 0.25) is 0 Å². The molecule has 0 radical (unpaired) electrons. The van der Waals surface area contributed by atoms with Crippen LogP contribution in [0.3, 0.4) is 0 Å². The fourth-order valence-electron chi connectivity index (χ4n) is 1.95. The maximum absolute atomic E-state index is 6.07. The van der Waals surface area contributed by atoms with Crippen LogP contribution in [0, 0.1) is 0 Å². The van der Waals surface area contributed by atoms with Crippen LogP contribution in [0.25, 0.3) is 0 Å². The van der Waals surface area contributed by atoms with Crippen LogP contribution in [0.2, 0.25) is 5.02 Å². The number of benzene rings is 1. The van der Waals surface area contributed by atoms with E-state index in [2.05, 4.69) is 31.9 Å². The molecule has 0 fully saturated rings. The number of hydrogen-bond donors (Lipinski definition) is 1. The lowest BCUT2D eigenvalue weighted by molar-refractivity contribution is 0.645. The van der Waals surface area contributed by atoms with Gasteiger partial charge in [0.25, 0.3) is 0 Å². The second-order valence-electron chi connectivity index (χ2n) is 4.57. The maximum atomic E-state index is 6.07. The summed E-state index contributed by atoms with van der Waals surface area (Å²) in [6.07, 6.45) is 3.04. The molecule has 0 bridgehead atoms. The van der Waals surface area contributed by atoms with E-state index in [9.17, 15) is 0 Å². The average molecular weight is 255 g/mol. The average Bonchev–Trinajstić information content (AvgIpc) is 2.31. The third kappa shape index (κ3) is 4.21. The summed E-state index contributed by atoms with van der Waals surface area (Å²) in [6, 6.07) is 6.31. The van der Waals surface area contributed by atoms with Gasteiger partial charge in [0.1, 0.15) is 0 Å². The van der Waals surface area contributed by atoms with Crippen LogP contribution in [0.15, 0.2) is 18.2 Å². The maximum Gasteiger partial charge on any atom is 0.0426 e. The van der Waals surface area contributed by atoms with E-state index in [1.165, 1.54) is 11.3 Å². The molecule has 0 saturated heterocycles. The van der Waals surface area contributed by atoms with Crippen molar-refractivity contribution in [2.45, 2.75) is 39.2 Å². The van der Waals surface area contributed by atoms with Gasteiger partial charge in [0.15, 0.2) is 0 Å². The highest BCUT2D eigenvalue weighted by Gasteiger charge is 2.10. The summed E-state index contributed by atoms with van der Waals surface area (Å²) in [5.74, 6) is 0. The van der Waals surface area contributed by atoms with Crippen molar-refractivity contribution in [1.82, 2.24) is 0 Å². The topological polar surface area (TPSA) is 29.3 Å². The summed E-state index contributed by atoms with van der Waals surface area (Å²) in [5.41, 5.74) is 8.54. The predicted molar refractivity (Wildman–Crippen MR) is 77.0 cm³/mol. The summed E-state index contributed by atoms with van der Waals surface area (Å²) in [6.45, 7) is 5.34. The molecule has 3 heteroatoms. The zero-order valence-corrected chi connectivity index (χ0v) is 11.8. The Bertz CT molecular complexity index is 352. The fraction of sp³-hybridized carbons (Fsp3) is 0.571. The number of rotatable bonds is 6. The molecule has 0 heterocycles. The molecule has 0 aliphatic carbocycles. The van der Waals surface area contributed by atoms with Crippen LogP contribution < -0.4 is 10.6 Å². The summed E-state index contributed by atoms with van der Waals surface area (Å²) in [4.78, 5) is 2.25. The Morgan fingerprint density at radius 3 is 2.65 bits per heavy atom. The quantitative estimate of drug-likeness (QED) is 0.842. The number of anilines is 1. The van der Waals surface area contributed by atoms with Crippen molar-refractivity contribution in [3.63, 3.8) is 0 Å². The van der Waals surface area contributed by atoms with Gasteiger partial charge < -0.3 is 10.6 Å². The third-order valence-corrected chi connectivity index (χ3v) is 3.26. The van der Waals surface area contributed by atoms with Gasteiger partial charge in [-0.25, -0.2) is 0 Å². The largest absolute Gasteiger partial charge is 0.374 e. The Kier molecular flexibility index (Phi) is 5.79. The summed E-state index contributed by atoms with van der Waals surface area (Å²) in [7, 11) is 2.11. The number of nitrogens with zero attached hydrogens (tertiary/aromatic N) is 1. The molecule has 0 aromatic heterocycles. The summed E-state index contributed by atoms with van der Waals surface area (Å²) >= 11 is 6.07. The van der Waals surface area contributed by atoms with Gasteiger partial charge in [-0.1, -0.05) is 31.5 Å². The molecule has 2 nitrogen and oxygen atoms in total. The lowest BCUT2D eigenvalue weighted by Gasteiger charge is -2.23. The lowest BCUT2D eigenvalue weighted by Crippen LogP contribution is -2.24. The summed E-state index contributed by atoms with van der Waals surface area (Å²) in [5, 5.41) is 0.789. The Labute approximate surface area is 110 Å². The van der Waals surface area contributed by atoms with Gasteiger partial charge in [-0.15, -0.1) is 0 Å². The van der Waals surface area contributed by atoms with Gasteiger partial charge in [0, 0.05) is 30.3 Å².